The van der Waals surface area contributed by atoms with Gasteiger partial charge in [-0.2, -0.15) is 5.10 Å². The van der Waals surface area contributed by atoms with Crippen molar-refractivity contribution in [2.45, 2.75) is 31.8 Å². The van der Waals surface area contributed by atoms with Gasteiger partial charge in [0.25, 0.3) is 0 Å². The minimum atomic E-state index is 0.706. The maximum Gasteiger partial charge on any atom is 0.0762 e. The lowest BCUT2D eigenvalue weighted by molar-refractivity contribution is 0.181. The molecule has 1 saturated heterocycles. The molecule has 0 aromatic carbocycles. The van der Waals surface area contributed by atoms with Gasteiger partial charge in [-0.1, -0.05) is 6.42 Å². The standard InChI is InChI=1S/C12H22N4/c1-15-7-4-3-5-12(15)10-13-9-11-6-8-16(2)14-11/h6,8,12-13H,3-5,7,9-10H2,1-2H3. The molecular weight excluding hydrogens is 200 g/mol. The van der Waals surface area contributed by atoms with Gasteiger partial charge in [0.1, 0.15) is 0 Å². The van der Waals surface area contributed by atoms with Crippen LogP contribution in [-0.4, -0.2) is 40.9 Å². The number of hydrogen-bond donors (Lipinski definition) is 1. The minimum absolute atomic E-state index is 0.706. The predicted octanol–water partition coefficient (Wildman–Crippen LogP) is 0.994. The molecule has 0 spiro atoms. The summed E-state index contributed by atoms with van der Waals surface area (Å²) in [6, 6.07) is 2.77. The summed E-state index contributed by atoms with van der Waals surface area (Å²) in [5, 5.41) is 7.85. The maximum absolute atomic E-state index is 4.35. The Kier molecular flexibility index (Phi) is 3.96. The third-order valence-electron chi connectivity index (χ3n) is 3.38. The van der Waals surface area contributed by atoms with Crippen molar-refractivity contribution < 1.29 is 0 Å². The van der Waals surface area contributed by atoms with Crippen molar-refractivity contribution in [2.75, 3.05) is 20.1 Å². The first-order valence-corrected chi connectivity index (χ1v) is 6.15. The zero-order valence-electron chi connectivity index (χ0n) is 10.3. The fraction of sp³-hybridized carbons (Fsp3) is 0.750. The summed E-state index contributed by atoms with van der Waals surface area (Å²) in [5.74, 6) is 0. The van der Waals surface area contributed by atoms with Gasteiger partial charge in [-0.3, -0.25) is 4.68 Å². The van der Waals surface area contributed by atoms with Crippen molar-refractivity contribution >= 4 is 0 Å². The quantitative estimate of drug-likeness (QED) is 0.825. The fourth-order valence-corrected chi connectivity index (χ4v) is 2.33. The average Bonchev–Trinajstić information content (AvgIpc) is 2.67. The van der Waals surface area contributed by atoms with Gasteiger partial charge >= 0.3 is 0 Å². The smallest absolute Gasteiger partial charge is 0.0762 e. The van der Waals surface area contributed by atoms with E-state index in [9.17, 15) is 0 Å². The van der Waals surface area contributed by atoms with Crippen LogP contribution in [0.3, 0.4) is 0 Å². The van der Waals surface area contributed by atoms with Gasteiger partial charge in [0.15, 0.2) is 0 Å². The SMILES string of the molecule is CN1CCCCC1CNCc1ccn(C)n1. The molecule has 1 fully saturated rings. The number of aromatic nitrogens is 2. The molecule has 2 heterocycles. The Labute approximate surface area is 97.6 Å². The normalized spacial score (nSPS) is 22.5. The van der Waals surface area contributed by atoms with Crippen molar-refractivity contribution in [3.05, 3.63) is 18.0 Å². The van der Waals surface area contributed by atoms with Gasteiger partial charge in [-0.25, -0.2) is 0 Å². The lowest BCUT2D eigenvalue weighted by atomic mass is 10.0. The van der Waals surface area contributed by atoms with Crippen LogP contribution in [0.15, 0.2) is 12.3 Å². The Balaban J connectivity index is 1.71. The number of nitrogens with one attached hydrogen (secondary N) is 1. The van der Waals surface area contributed by atoms with Gasteiger partial charge < -0.3 is 10.2 Å². The molecule has 90 valence electrons. The van der Waals surface area contributed by atoms with E-state index in [2.05, 4.69) is 28.4 Å². The number of aryl methyl sites for hydroxylation is 1. The molecule has 2 rings (SSSR count). The highest BCUT2D eigenvalue weighted by atomic mass is 15.3. The molecule has 1 atom stereocenters. The molecular formula is C12H22N4. The first-order chi connectivity index (χ1) is 7.75. The van der Waals surface area contributed by atoms with Crippen molar-refractivity contribution in [1.82, 2.24) is 20.0 Å². The summed E-state index contributed by atoms with van der Waals surface area (Å²) in [5.41, 5.74) is 1.13. The summed E-state index contributed by atoms with van der Waals surface area (Å²) in [6.07, 6.45) is 6.04. The van der Waals surface area contributed by atoms with E-state index in [1.54, 1.807) is 0 Å². The van der Waals surface area contributed by atoms with Crippen LogP contribution in [0.1, 0.15) is 25.0 Å². The molecule has 4 nitrogen and oxygen atoms in total. The van der Waals surface area contributed by atoms with Crippen LogP contribution in [0, 0.1) is 0 Å². The second-order valence-corrected chi connectivity index (χ2v) is 4.74. The highest BCUT2D eigenvalue weighted by molar-refractivity contribution is 4.98. The second kappa shape index (κ2) is 5.46. The summed E-state index contributed by atoms with van der Waals surface area (Å²) in [4.78, 5) is 2.47. The van der Waals surface area contributed by atoms with E-state index in [0.29, 0.717) is 6.04 Å². The topological polar surface area (TPSA) is 33.1 Å². The lowest BCUT2D eigenvalue weighted by Crippen LogP contribution is -2.42. The molecule has 1 aromatic rings. The molecule has 0 aliphatic carbocycles. The Morgan fingerprint density at radius 2 is 2.31 bits per heavy atom. The zero-order valence-corrected chi connectivity index (χ0v) is 10.3. The number of likely N-dealkylation sites (N-methyl/N-ethyl adjacent to an activating group) is 1. The van der Waals surface area contributed by atoms with Crippen LogP contribution in [0.2, 0.25) is 0 Å². The molecule has 1 aromatic heterocycles. The number of piperidine rings is 1. The largest absolute Gasteiger partial charge is 0.310 e. The molecule has 1 unspecified atom stereocenters. The molecule has 0 radical (unpaired) electrons. The third-order valence-corrected chi connectivity index (χ3v) is 3.38. The van der Waals surface area contributed by atoms with Gasteiger partial charge in [0.05, 0.1) is 5.69 Å². The van der Waals surface area contributed by atoms with Crippen molar-refractivity contribution in [2.24, 2.45) is 7.05 Å². The fourth-order valence-electron chi connectivity index (χ4n) is 2.33. The van der Waals surface area contributed by atoms with E-state index in [0.717, 1.165) is 18.8 Å². The van der Waals surface area contributed by atoms with Crippen molar-refractivity contribution in [1.29, 1.82) is 0 Å². The van der Waals surface area contributed by atoms with Crippen LogP contribution >= 0.6 is 0 Å². The monoisotopic (exact) mass is 222 g/mol. The molecule has 0 bridgehead atoms. The van der Waals surface area contributed by atoms with E-state index in [1.807, 2.05) is 17.9 Å². The zero-order chi connectivity index (χ0) is 11.4. The number of rotatable bonds is 4. The van der Waals surface area contributed by atoms with E-state index < -0.39 is 0 Å². The van der Waals surface area contributed by atoms with E-state index in [1.165, 1.54) is 25.8 Å². The second-order valence-electron chi connectivity index (χ2n) is 4.74. The van der Waals surface area contributed by atoms with Crippen molar-refractivity contribution in [3.63, 3.8) is 0 Å². The van der Waals surface area contributed by atoms with Gasteiger partial charge in [-0.15, -0.1) is 0 Å². The molecule has 16 heavy (non-hydrogen) atoms. The summed E-state index contributed by atoms with van der Waals surface area (Å²) in [6.45, 7) is 3.20. The van der Waals surface area contributed by atoms with Crippen LogP contribution in [0.25, 0.3) is 0 Å². The van der Waals surface area contributed by atoms with Crippen LogP contribution in [0.4, 0.5) is 0 Å². The molecule has 1 aliphatic heterocycles. The Morgan fingerprint density at radius 3 is 3.00 bits per heavy atom. The van der Waals surface area contributed by atoms with Gasteiger partial charge in [0.2, 0.25) is 0 Å². The van der Waals surface area contributed by atoms with Gasteiger partial charge in [0, 0.05) is 32.4 Å². The van der Waals surface area contributed by atoms with Crippen LogP contribution in [0.5, 0.6) is 0 Å². The van der Waals surface area contributed by atoms with Crippen LogP contribution in [-0.2, 0) is 13.6 Å². The summed E-state index contributed by atoms with van der Waals surface area (Å²) < 4.78 is 1.85. The Morgan fingerprint density at radius 1 is 1.44 bits per heavy atom. The minimum Gasteiger partial charge on any atom is -0.310 e. The molecule has 0 saturated carbocycles. The number of nitrogens with zero attached hydrogens (tertiary/aromatic N) is 3. The summed E-state index contributed by atoms with van der Waals surface area (Å²) in [7, 11) is 4.19. The van der Waals surface area contributed by atoms with E-state index in [-0.39, 0.29) is 0 Å². The molecule has 4 heteroatoms. The third kappa shape index (κ3) is 3.06. The maximum atomic E-state index is 4.35. The summed E-state index contributed by atoms with van der Waals surface area (Å²) >= 11 is 0. The molecule has 0 amide bonds. The van der Waals surface area contributed by atoms with Gasteiger partial charge in [-0.05, 0) is 32.5 Å². The average molecular weight is 222 g/mol. The highest BCUT2D eigenvalue weighted by Gasteiger charge is 2.17. The Bertz CT molecular complexity index is 321. The Hall–Kier alpha value is -0.870. The van der Waals surface area contributed by atoms with E-state index >= 15 is 0 Å². The number of hydrogen-bond acceptors (Lipinski definition) is 3. The van der Waals surface area contributed by atoms with Crippen LogP contribution < -0.4 is 5.32 Å². The number of likely N-dealkylation sites (tertiary alicyclic amines) is 1. The first kappa shape index (κ1) is 11.6. The highest BCUT2D eigenvalue weighted by Crippen LogP contribution is 2.13. The first-order valence-electron chi connectivity index (χ1n) is 6.15. The van der Waals surface area contributed by atoms with Crippen molar-refractivity contribution in [3.8, 4) is 0 Å². The molecule has 1 aliphatic rings. The molecule has 1 N–H and O–H groups in total. The lowest BCUT2D eigenvalue weighted by Gasteiger charge is -2.32. The predicted molar refractivity (Wildman–Crippen MR) is 65.2 cm³/mol. The van der Waals surface area contributed by atoms with E-state index in [4.69, 9.17) is 0 Å².